The van der Waals surface area contributed by atoms with E-state index in [1.165, 1.54) is 0 Å². The standard InChI is InChI=1S/C15H8N4/c16-11-13-3-1-2-12(10-13)4-5-14-7-9-19-15(18-14)6-8-17-19/h1-3,6-10H. The third-order valence-corrected chi connectivity index (χ3v) is 2.58. The molecule has 0 N–H and O–H groups in total. The monoisotopic (exact) mass is 244 g/mol. The molecule has 3 aromatic rings. The van der Waals surface area contributed by atoms with Crippen LogP contribution in [0, 0.1) is 23.2 Å². The minimum atomic E-state index is 0.603. The first-order chi connectivity index (χ1) is 9.35. The number of nitrogens with zero attached hydrogens (tertiary/aromatic N) is 4. The maximum absolute atomic E-state index is 8.82. The van der Waals surface area contributed by atoms with Crippen molar-refractivity contribution in [1.82, 2.24) is 14.6 Å². The van der Waals surface area contributed by atoms with Crippen LogP contribution < -0.4 is 0 Å². The van der Waals surface area contributed by atoms with Crippen LogP contribution in [-0.2, 0) is 0 Å². The molecule has 2 aromatic heterocycles. The minimum absolute atomic E-state index is 0.603. The maximum Gasteiger partial charge on any atom is 0.156 e. The Morgan fingerprint density at radius 2 is 1.95 bits per heavy atom. The van der Waals surface area contributed by atoms with E-state index in [0.717, 1.165) is 11.2 Å². The van der Waals surface area contributed by atoms with Crippen molar-refractivity contribution >= 4 is 5.65 Å². The summed E-state index contributed by atoms with van der Waals surface area (Å²) in [6.07, 6.45) is 3.51. The van der Waals surface area contributed by atoms with Gasteiger partial charge in [-0.1, -0.05) is 12.0 Å². The van der Waals surface area contributed by atoms with E-state index >= 15 is 0 Å². The van der Waals surface area contributed by atoms with Crippen molar-refractivity contribution in [3.05, 3.63) is 65.6 Å². The van der Waals surface area contributed by atoms with Crippen LogP contribution in [0.1, 0.15) is 16.8 Å². The number of fused-ring (bicyclic) bond motifs is 1. The van der Waals surface area contributed by atoms with Crippen LogP contribution in [0.5, 0.6) is 0 Å². The zero-order valence-corrected chi connectivity index (χ0v) is 9.91. The van der Waals surface area contributed by atoms with E-state index in [9.17, 15) is 0 Å². The van der Waals surface area contributed by atoms with E-state index in [-0.39, 0.29) is 0 Å². The van der Waals surface area contributed by atoms with Crippen molar-refractivity contribution in [1.29, 1.82) is 5.26 Å². The normalized spacial score (nSPS) is 9.63. The van der Waals surface area contributed by atoms with Gasteiger partial charge in [-0.25, -0.2) is 9.50 Å². The lowest BCUT2D eigenvalue weighted by Crippen LogP contribution is -1.91. The summed E-state index contributed by atoms with van der Waals surface area (Å²) in [7, 11) is 0. The van der Waals surface area contributed by atoms with Crippen LogP contribution in [0.2, 0.25) is 0 Å². The molecule has 0 saturated heterocycles. The lowest BCUT2D eigenvalue weighted by atomic mass is 10.1. The molecule has 88 valence electrons. The van der Waals surface area contributed by atoms with E-state index in [1.54, 1.807) is 28.9 Å². The predicted molar refractivity (Wildman–Crippen MR) is 70.1 cm³/mol. The van der Waals surface area contributed by atoms with E-state index in [4.69, 9.17) is 5.26 Å². The summed E-state index contributed by atoms with van der Waals surface area (Å²) < 4.78 is 1.68. The number of benzene rings is 1. The third-order valence-electron chi connectivity index (χ3n) is 2.58. The molecule has 0 bridgehead atoms. The molecule has 0 fully saturated rings. The quantitative estimate of drug-likeness (QED) is 0.568. The molecule has 0 spiro atoms. The van der Waals surface area contributed by atoms with E-state index in [2.05, 4.69) is 28.0 Å². The van der Waals surface area contributed by atoms with Crippen LogP contribution in [-0.4, -0.2) is 14.6 Å². The van der Waals surface area contributed by atoms with Crippen LogP contribution in [0.3, 0.4) is 0 Å². The topological polar surface area (TPSA) is 54.0 Å². The lowest BCUT2D eigenvalue weighted by Gasteiger charge is -1.93. The molecular weight excluding hydrogens is 236 g/mol. The smallest absolute Gasteiger partial charge is 0.156 e. The molecule has 0 saturated carbocycles. The Morgan fingerprint density at radius 3 is 2.84 bits per heavy atom. The number of nitriles is 1. The fourth-order valence-corrected chi connectivity index (χ4v) is 1.68. The van der Waals surface area contributed by atoms with Crippen LogP contribution in [0.25, 0.3) is 5.65 Å². The highest BCUT2D eigenvalue weighted by atomic mass is 15.2. The molecule has 4 nitrogen and oxygen atoms in total. The molecular formula is C15H8N4. The Bertz CT molecular complexity index is 843. The molecule has 2 heterocycles. The summed E-state index contributed by atoms with van der Waals surface area (Å²) >= 11 is 0. The Hall–Kier alpha value is -3.11. The van der Waals surface area contributed by atoms with E-state index in [1.807, 2.05) is 24.4 Å². The van der Waals surface area contributed by atoms with Gasteiger partial charge in [-0.15, -0.1) is 0 Å². The maximum atomic E-state index is 8.82. The second-order valence-electron chi connectivity index (χ2n) is 3.89. The molecule has 0 amide bonds. The molecule has 0 radical (unpaired) electrons. The van der Waals surface area contributed by atoms with Crippen LogP contribution in [0.4, 0.5) is 0 Å². The Kier molecular flexibility index (Phi) is 2.69. The van der Waals surface area contributed by atoms with Gasteiger partial charge in [0, 0.05) is 17.8 Å². The Morgan fingerprint density at radius 1 is 1.05 bits per heavy atom. The van der Waals surface area contributed by atoms with Crippen molar-refractivity contribution < 1.29 is 0 Å². The number of hydrogen-bond acceptors (Lipinski definition) is 3. The fourth-order valence-electron chi connectivity index (χ4n) is 1.68. The fraction of sp³-hybridized carbons (Fsp3) is 0. The zero-order valence-electron chi connectivity index (χ0n) is 9.91. The van der Waals surface area contributed by atoms with Gasteiger partial charge >= 0.3 is 0 Å². The first-order valence-corrected chi connectivity index (χ1v) is 5.68. The molecule has 0 aliphatic carbocycles. The highest BCUT2D eigenvalue weighted by Gasteiger charge is 1.95. The average molecular weight is 244 g/mol. The molecule has 3 rings (SSSR count). The van der Waals surface area contributed by atoms with Crippen molar-refractivity contribution in [2.45, 2.75) is 0 Å². The summed E-state index contributed by atoms with van der Waals surface area (Å²) in [6, 6.07) is 12.9. The number of hydrogen-bond donors (Lipinski definition) is 0. The van der Waals surface area contributed by atoms with Gasteiger partial charge in [-0.05, 0) is 30.2 Å². The van der Waals surface area contributed by atoms with Crippen molar-refractivity contribution in [3.8, 4) is 17.9 Å². The van der Waals surface area contributed by atoms with Crippen molar-refractivity contribution in [2.24, 2.45) is 0 Å². The summed E-state index contributed by atoms with van der Waals surface area (Å²) in [4.78, 5) is 4.35. The van der Waals surface area contributed by atoms with Gasteiger partial charge in [0.15, 0.2) is 5.65 Å². The van der Waals surface area contributed by atoms with Gasteiger partial charge in [-0.2, -0.15) is 10.4 Å². The van der Waals surface area contributed by atoms with Crippen LogP contribution in [0.15, 0.2) is 48.8 Å². The second kappa shape index (κ2) is 4.64. The van der Waals surface area contributed by atoms with Gasteiger partial charge in [-0.3, -0.25) is 0 Å². The number of aromatic nitrogens is 3. The molecule has 1 aromatic carbocycles. The number of rotatable bonds is 0. The summed E-state index contributed by atoms with van der Waals surface area (Å²) in [6.45, 7) is 0. The van der Waals surface area contributed by atoms with E-state index < -0.39 is 0 Å². The Balaban J connectivity index is 1.96. The zero-order chi connectivity index (χ0) is 13.1. The Labute approximate surface area is 110 Å². The first-order valence-electron chi connectivity index (χ1n) is 5.68. The highest BCUT2D eigenvalue weighted by Crippen LogP contribution is 2.03. The highest BCUT2D eigenvalue weighted by molar-refractivity contribution is 5.46. The largest absolute Gasteiger partial charge is 0.223 e. The molecule has 0 aliphatic rings. The molecule has 4 heteroatoms. The van der Waals surface area contributed by atoms with Crippen LogP contribution >= 0.6 is 0 Å². The summed E-state index contributed by atoms with van der Waals surface area (Å²) in [5, 5.41) is 12.9. The first kappa shape index (κ1) is 11.0. The minimum Gasteiger partial charge on any atom is -0.223 e. The molecule has 19 heavy (non-hydrogen) atoms. The van der Waals surface area contributed by atoms with Crippen molar-refractivity contribution in [2.75, 3.05) is 0 Å². The average Bonchev–Trinajstić information content (AvgIpc) is 2.93. The third kappa shape index (κ3) is 2.29. The van der Waals surface area contributed by atoms with Gasteiger partial charge in [0.2, 0.25) is 0 Å². The lowest BCUT2D eigenvalue weighted by molar-refractivity contribution is 0.936. The van der Waals surface area contributed by atoms with Gasteiger partial charge in [0.05, 0.1) is 17.8 Å². The van der Waals surface area contributed by atoms with Gasteiger partial charge in [0.1, 0.15) is 5.69 Å². The molecule has 0 unspecified atom stereocenters. The molecule has 0 atom stereocenters. The van der Waals surface area contributed by atoms with Crippen molar-refractivity contribution in [3.63, 3.8) is 0 Å². The summed E-state index contributed by atoms with van der Waals surface area (Å²) in [5.41, 5.74) is 2.84. The predicted octanol–water partition coefficient (Wildman–Crippen LogP) is 2.00. The summed E-state index contributed by atoms with van der Waals surface area (Å²) in [5.74, 6) is 5.98. The van der Waals surface area contributed by atoms with E-state index in [0.29, 0.717) is 11.3 Å². The van der Waals surface area contributed by atoms with Gasteiger partial charge < -0.3 is 0 Å². The second-order valence-corrected chi connectivity index (χ2v) is 3.89. The SMILES string of the molecule is N#Cc1cccc(C#Cc2ccn3nccc3n2)c1. The van der Waals surface area contributed by atoms with Gasteiger partial charge in [0.25, 0.3) is 0 Å². The molecule has 0 aliphatic heterocycles.